The molecule has 49 heavy (non-hydrogen) atoms. The molecule has 9 heteroatoms. The normalized spacial score (nSPS) is 14.7. The van der Waals surface area contributed by atoms with Crippen molar-refractivity contribution in [3.8, 4) is 0 Å². The second kappa shape index (κ2) is 33.1. The van der Waals surface area contributed by atoms with Gasteiger partial charge in [0.25, 0.3) is 0 Å². The number of rotatable bonds is 37. The summed E-state index contributed by atoms with van der Waals surface area (Å²) < 4.78 is 23.3. The number of carbonyl (C=O) groups excluding carboxylic acids is 1. The van der Waals surface area contributed by atoms with Gasteiger partial charge < -0.3 is 19.8 Å². The van der Waals surface area contributed by atoms with Crippen LogP contribution in [0.1, 0.15) is 187 Å². The number of nitrogens with one attached hydrogen (secondary N) is 1. The highest BCUT2D eigenvalue weighted by molar-refractivity contribution is 7.47. The van der Waals surface area contributed by atoms with Crippen LogP contribution in [-0.2, 0) is 18.4 Å². The van der Waals surface area contributed by atoms with E-state index in [2.05, 4.69) is 19.2 Å². The fraction of sp³-hybridized carbons (Fsp3) is 0.925. The molecule has 0 aliphatic rings. The highest BCUT2D eigenvalue weighted by Crippen LogP contribution is 2.43. The third-order valence-electron chi connectivity index (χ3n) is 9.26. The lowest BCUT2D eigenvalue weighted by Gasteiger charge is -2.25. The van der Waals surface area contributed by atoms with Gasteiger partial charge in [0.1, 0.15) is 13.2 Å². The molecule has 292 valence electrons. The van der Waals surface area contributed by atoms with Crippen LogP contribution in [0, 0.1) is 0 Å². The van der Waals surface area contributed by atoms with Crippen LogP contribution in [0.25, 0.3) is 0 Å². The third kappa shape index (κ3) is 35.4. The zero-order chi connectivity index (χ0) is 36.5. The standard InChI is InChI=1S/C40H81N2O6P/c1-6-8-10-12-13-14-15-16-17-18-19-20-21-22-23-24-25-26-27-28-30-31-33-39(43)38(41-40(44)34-32-29-11-9-7-2)37-48-49(45,46)47-36-35-42(3,4)5/h31,33,38-39,43H,6-30,32,34-37H2,1-5H3,(H-,41,44,45,46)/p+1/b33-31+. The summed E-state index contributed by atoms with van der Waals surface area (Å²) in [4.78, 5) is 22.8. The maximum Gasteiger partial charge on any atom is 0.472 e. The number of quaternary nitrogens is 1. The molecule has 0 aromatic carbocycles. The molecular formula is C40H82N2O6P+. The van der Waals surface area contributed by atoms with Gasteiger partial charge in [-0.15, -0.1) is 0 Å². The summed E-state index contributed by atoms with van der Waals surface area (Å²) in [6.45, 7) is 4.72. The van der Waals surface area contributed by atoms with Crippen molar-refractivity contribution in [2.45, 2.75) is 199 Å². The fourth-order valence-electron chi connectivity index (χ4n) is 5.92. The lowest BCUT2D eigenvalue weighted by Crippen LogP contribution is -2.45. The summed E-state index contributed by atoms with van der Waals surface area (Å²) in [5.74, 6) is -0.189. The Hall–Kier alpha value is -0.760. The highest BCUT2D eigenvalue weighted by Gasteiger charge is 2.27. The number of amides is 1. The molecular weight excluding hydrogens is 635 g/mol. The summed E-state index contributed by atoms with van der Waals surface area (Å²) in [6, 6.07) is -0.836. The van der Waals surface area contributed by atoms with Crippen LogP contribution in [0.2, 0.25) is 0 Å². The number of hydrogen-bond acceptors (Lipinski definition) is 5. The number of aliphatic hydroxyl groups excluding tert-OH is 1. The first-order valence-corrected chi connectivity index (χ1v) is 22.1. The van der Waals surface area contributed by atoms with E-state index in [1.807, 2.05) is 27.2 Å². The number of phosphoric ester groups is 1. The summed E-state index contributed by atoms with van der Waals surface area (Å²) in [6.07, 6.45) is 36.1. The molecule has 0 saturated carbocycles. The number of unbranched alkanes of at least 4 members (excludes halogenated alkanes) is 24. The van der Waals surface area contributed by atoms with Crippen LogP contribution in [-0.4, -0.2) is 73.4 Å². The molecule has 3 unspecified atom stereocenters. The Morgan fingerprint density at radius 1 is 0.673 bits per heavy atom. The predicted octanol–water partition coefficient (Wildman–Crippen LogP) is 10.8. The molecule has 1 amide bonds. The van der Waals surface area contributed by atoms with Gasteiger partial charge in [-0.3, -0.25) is 13.8 Å². The summed E-state index contributed by atoms with van der Waals surface area (Å²) >= 11 is 0. The van der Waals surface area contributed by atoms with Crippen molar-refractivity contribution in [2.24, 2.45) is 0 Å². The third-order valence-corrected chi connectivity index (χ3v) is 10.2. The van der Waals surface area contributed by atoms with E-state index in [-0.39, 0.29) is 19.1 Å². The quantitative estimate of drug-likeness (QED) is 0.0256. The summed E-state index contributed by atoms with van der Waals surface area (Å²) in [7, 11) is 1.57. The van der Waals surface area contributed by atoms with Crippen LogP contribution in [0.4, 0.5) is 0 Å². The van der Waals surface area contributed by atoms with Crippen molar-refractivity contribution >= 4 is 13.7 Å². The Labute approximate surface area is 303 Å². The second-order valence-electron chi connectivity index (χ2n) is 15.4. The molecule has 0 saturated heterocycles. The Balaban J connectivity index is 4.16. The van der Waals surface area contributed by atoms with E-state index in [1.165, 1.54) is 122 Å². The fourth-order valence-corrected chi connectivity index (χ4v) is 6.66. The highest BCUT2D eigenvalue weighted by atomic mass is 31.2. The number of nitrogens with zero attached hydrogens (tertiary/aromatic N) is 1. The Morgan fingerprint density at radius 2 is 1.08 bits per heavy atom. The van der Waals surface area contributed by atoms with Gasteiger partial charge >= 0.3 is 7.82 Å². The van der Waals surface area contributed by atoms with Gasteiger partial charge in [0.05, 0.1) is 39.9 Å². The summed E-state index contributed by atoms with van der Waals surface area (Å²) in [5.41, 5.74) is 0. The zero-order valence-electron chi connectivity index (χ0n) is 32.9. The van der Waals surface area contributed by atoms with Gasteiger partial charge in [-0.05, 0) is 19.3 Å². The van der Waals surface area contributed by atoms with E-state index in [1.54, 1.807) is 6.08 Å². The zero-order valence-corrected chi connectivity index (χ0v) is 33.8. The number of hydrogen-bond donors (Lipinski definition) is 3. The molecule has 0 aromatic rings. The smallest absolute Gasteiger partial charge is 0.387 e. The molecule has 0 bridgehead atoms. The number of likely N-dealkylation sites (N-methyl/N-ethyl adjacent to an activating group) is 1. The minimum Gasteiger partial charge on any atom is -0.387 e. The van der Waals surface area contributed by atoms with Crippen LogP contribution >= 0.6 is 7.82 Å². The molecule has 0 fully saturated rings. The van der Waals surface area contributed by atoms with E-state index in [4.69, 9.17) is 9.05 Å². The van der Waals surface area contributed by atoms with Gasteiger partial charge in [0.15, 0.2) is 0 Å². The van der Waals surface area contributed by atoms with Gasteiger partial charge in [-0.25, -0.2) is 4.57 Å². The van der Waals surface area contributed by atoms with Crippen molar-refractivity contribution in [1.29, 1.82) is 0 Å². The average molecular weight is 718 g/mol. The second-order valence-corrected chi connectivity index (χ2v) is 16.8. The summed E-state index contributed by atoms with van der Waals surface area (Å²) in [5, 5.41) is 13.7. The van der Waals surface area contributed by atoms with Crippen LogP contribution < -0.4 is 5.32 Å². The van der Waals surface area contributed by atoms with E-state index < -0.39 is 20.0 Å². The largest absolute Gasteiger partial charge is 0.472 e. The predicted molar refractivity (Wildman–Crippen MR) is 208 cm³/mol. The maximum atomic E-state index is 12.6. The minimum atomic E-state index is -4.32. The molecule has 0 spiro atoms. The molecule has 0 rings (SSSR count). The van der Waals surface area contributed by atoms with E-state index in [0.29, 0.717) is 17.4 Å². The first-order valence-electron chi connectivity index (χ1n) is 20.6. The van der Waals surface area contributed by atoms with Gasteiger partial charge in [0, 0.05) is 6.42 Å². The minimum absolute atomic E-state index is 0.0635. The molecule has 0 aromatic heterocycles. The van der Waals surface area contributed by atoms with Gasteiger partial charge in [-0.2, -0.15) is 0 Å². The van der Waals surface area contributed by atoms with Crippen LogP contribution in [0.3, 0.4) is 0 Å². The van der Waals surface area contributed by atoms with E-state index in [9.17, 15) is 19.4 Å². The topological polar surface area (TPSA) is 105 Å². The van der Waals surface area contributed by atoms with Crippen molar-refractivity contribution in [2.75, 3.05) is 40.9 Å². The molecule has 0 heterocycles. The van der Waals surface area contributed by atoms with Crippen molar-refractivity contribution < 1.29 is 32.9 Å². The van der Waals surface area contributed by atoms with Crippen LogP contribution in [0.15, 0.2) is 12.2 Å². The molecule has 0 radical (unpaired) electrons. The monoisotopic (exact) mass is 718 g/mol. The molecule has 0 aliphatic heterocycles. The van der Waals surface area contributed by atoms with Gasteiger partial charge in [0.2, 0.25) is 5.91 Å². The first-order chi connectivity index (χ1) is 23.5. The average Bonchev–Trinajstić information content (AvgIpc) is 3.04. The van der Waals surface area contributed by atoms with Gasteiger partial charge in [-0.1, -0.05) is 174 Å². The maximum absolute atomic E-state index is 12.6. The van der Waals surface area contributed by atoms with Crippen molar-refractivity contribution in [3.05, 3.63) is 12.2 Å². The number of aliphatic hydroxyl groups is 1. The molecule has 8 nitrogen and oxygen atoms in total. The Morgan fingerprint density at radius 3 is 1.51 bits per heavy atom. The molecule has 0 aliphatic carbocycles. The molecule has 3 N–H and O–H groups in total. The first kappa shape index (κ1) is 48.2. The lowest BCUT2D eigenvalue weighted by atomic mass is 10.0. The van der Waals surface area contributed by atoms with Crippen LogP contribution in [0.5, 0.6) is 0 Å². The number of allylic oxidation sites excluding steroid dienone is 1. The number of phosphoric acid groups is 1. The Bertz CT molecular complexity index is 819. The SMILES string of the molecule is CCCCCCCCCCCCCCCCCCCCCC/C=C/C(O)C(COP(=O)(O)OCC[N+](C)(C)C)NC(=O)CCCCCCC. The van der Waals surface area contributed by atoms with E-state index in [0.717, 1.165) is 44.9 Å². The number of carbonyl (C=O) groups is 1. The van der Waals surface area contributed by atoms with E-state index >= 15 is 0 Å². The Kier molecular flexibility index (Phi) is 32.6. The lowest BCUT2D eigenvalue weighted by molar-refractivity contribution is -0.870. The molecule has 3 atom stereocenters. The van der Waals surface area contributed by atoms with Crippen molar-refractivity contribution in [1.82, 2.24) is 5.32 Å². The van der Waals surface area contributed by atoms with Crippen molar-refractivity contribution in [3.63, 3.8) is 0 Å².